The van der Waals surface area contributed by atoms with Crippen molar-refractivity contribution in [3.63, 3.8) is 0 Å². The fraction of sp³-hybridized carbons (Fsp3) is 0.323. The number of aliphatic hydroxyl groups is 1. The molecule has 0 amide bonds. The Morgan fingerprint density at radius 3 is 2.16 bits per heavy atom. The summed E-state index contributed by atoms with van der Waals surface area (Å²) < 4.78 is 7.18. The first-order valence-electron chi connectivity index (χ1n) is 12.6. The smallest absolute Gasteiger partial charge is 0.217 e. The monoisotopic (exact) mass is 561 g/mol. The van der Waals surface area contributed by atoms with Gasteiger partial charge in [0.1, 0.15) is 12.2 Å². The van der Waals surface area contributed by atoms with E-state index in [4.69, 9.17) is 9.72 Å². The number of benzene rings is 3. The highest BCUT2D eigenvalue weighted by atomic mass is 79.9. The third kappa shape index (κ3) is 6.76. The third-order valence-corrected chi connectivity index (χ3v) is 7.01. The number of pyridine rings is 1. The van der Waals surface area contributed by atoms with Crippen LogP contribution in [0.1, 0.15) is 28.7 Å². The highest BCUT2D eigenvalue weighted by Crippen LogP contribution is 2.40. The molecule has 1 heterocycles. The molecule has 1 unspecified atom stereocenters. The average molecular weight is 563 g/mol. The van der Waals surface area contributed by atoms with Gasteiger partial charge in [0.25, 0.3) is 0 Å². The molecular formula is C31H36BrN3O2. The fourth-order valence-corrected chi connectivity index (χ4v) is 4.99. The largest absolute Gasteiger partial charge is 0.476 e. The van der Waals surface area contributed by atoms with Gasteiger partial charge in [0.2, 0.25) is 5.88 Å². The van der Waals surface area contributed by atoms with Gasteiger partial charge in [0.05, 0.1) is 5.52 Å². The quantitative estimate of drug-likeness (QED) is 0.254. The Bertz CT molecular complexity index is 1310. The van der Waals surface area contributed by atoms with E-state index in [0.29, 0.717) is 25.3 Å². The first-order valence-corrected chi connectivity index (χ1v) is 13.4. The van der Waals surface area contributed by atoms with Crippen molar-refractivity contribution < 1.29 is 9.84 Å². The highest BCUT2D eigenvalue weighted by molar-refractivity contribution is 9.10. The number of aromatic nitrogens is 1. The number of rotatable bonds is 11. The molecule has 4 rings (SSSR count). The lowest BCUT2D eigenvalue weighted by Gasteiger charge is -2.32. The van der Waals surface area contributed by atoms with Gasteiger partial charge in [0.15, 0.2) is 0 Å². The van der Waals surface area contributed by atoms with Crippen molar-refractivity contribution in [1.82, 2.24) is 14.8 Å². The van der Waals surface area contributed by atoms with E-state index in [0.717, 1.165) is 45.2 Å². The van der Waals surface area contributed by atoms with Crippen LogP contribution >= 0.6 is 15.9 Å². The molecule has 0 aliphatic heterocycles. The Morgan fingerprint density at radius 1 is 0.865 bits per heavy atom. The zero-order chi connectivity index (χ0) is 26.4. The van der Waals surface area contributed by atoms with E-state index in [1.165, 1.54) is 5.56 Å². The lowest BCUT2D eigenvalue weighted by Crippen LogP contribution is -2.32. The molecule has 0 fully saturated rings. The van der Waals surface area contributed by atoms with Gasteiger partial charge in [0, 0.05) is 40.5 Å². The summed E-state index contributed by atoms with van der Waals surface area (Å²) in [6, 6.07) is 26.5. The summed E-state index contributed by atoms with van der Waals surface area (Å²) in [7, 11) is 8.11. The van der Waals surface area contributed by atoms with E-state index in [9.17, 15) is 5.11 Å². The highest BCUT2D eigenvalue weighted by Gasteiger charge is 2.34. The number of likely N-dealkylation sites (N-methyl/N-ethyl adjacent to an activating group) is 1. The summed E-state index contributed by atoms with van der Waals surface area (Å²) in [5, 5.41) is 13.3. The van der Waals surface area contributed by atoms with Crippen molar-refractivity contribution in [2.45, 2.75) is 18.4 Å². The maximum Gasteiger partial charge on any atom is 0.217 e. The van der Waals surface area contributed by atoms with E-state index in [1.807, 2.05) is 70.7 Å². The van der Waals surface area contributed by atoms with Crippen molar-refractivity contribution in [2.24, 2.45) is 0 Å². The van der Waals surface area contributed by atoms with Crippen LogP contribution in [0.5, 0.6) is 5.88 Å². The molecule has 0 radical (unpaired) electrons. The molecule has 3 aromatic carbocycles. The number of hydrogen-bond donors (Lipinski definition) is 1. The van der Waals surface area contributed by atoms with Crippen LogP contribution in [0.2, 0.25) is 0 Å². The van der Waals surface area contributed by atoms with Crippen LogP contribution in [-0.2, 0) is 12.0 Å². The molecule has 5 nitrogen and oxygen atoms in total. The summed E-state index contributed by atoms with van der Waals surface area (Å²) in [6.45, 7) is 2.04. The molecule has 0 aliphatic rings. The lowest BCUT2D eigenvalue weighted by molar-refractivity contribution is 0.0641. The average Bonchev–Trinajstić information content (AvgIpc) is 2.88. The van der Waals surface area contributed by atoms with E-state index < -0.39 is 5.60 Å². The first-order chi connectivity index (χ1) is 17.8. The van der Waals surface area contributed by atoms with Gasteiger partial charge in [-0.15, -0.1) is 0 Å². The topological polar surface area (TPSA) is 48.8 Å². The number of ether oxygens (including phenoxy) is 1. The second-order valence-electron chi connectivity index (χ2n) is 10.1. The predicted molar refractivity (Wildman–Crippen MR) is 155 cm³/mol. The molecule has 1 N–H and O–H groups in total. The van der Waals surface area contributed by atoms with Crippen LogP contribution < -0.4 is 4.74 Å². The maximum absolute atomic E-state index is 12.3. The molecule has 1 aromatic heterocycles. The van der Waals surface area contributed by atoms with Crippen molar-refractivity contribution in [2.75, 3.05) is 47.9 Å². The summed E-state index contributed by atoms with van der Waals surface area (Å²) in [5.74, 6) is 0.616. The zero-order valence-electron chi connectivity index (χ0n) is 22.1. The molecule has 6 heteroatoms. The number of nitrogens with zero attached hydrogens (tertiary/aromatic N) is 3. The van der Waals surface area contributed by atoms with Gasteiger partial charge in [-0.1, -0.05) is 76.6 Å². The van der Waals surface area contributed by atoms with E-state index in [1.54, 1.807) is 0 Å². The van der Waals surface area contributed by atoms with E-state index in [2.05, 4.69) is 62.1 Å². The van der Waals surface area contributed by atoms with Crippen LogP contribution in [0.4, 0.5) is 0 Å². The minimum absolute atomic E-state index is 0.528. The minimum Gasteiger partial charge on any atom is -0.476 e. The molecule has 0 saturated heterocycles. The summed E-state index contributed by atoms with van der Waals surface area (Å²) >= 11 is 3.71. The van der Waals surface area contributed by atoms with Crippen molar-refractivity contribution in [3.8, 4) is 5.88 Å². The Balaban J connectivity index is 1.89. The Labute approximate surface area is 228 Å². The van der Waals surface area contributed by atoms with Crippen LogP contribution in [0.15, 0.2) is 83.3 Å². The Kier molecular flexibility index (Phi) is 8.98. The van der Waals surface area contributed by atoms with Gasteiger partial charge < -0.3 is 19.6 Å². The maximum atomic E-state index is 12.3. The molecule has 37 heavy (non-hydrogen) atoms. The standard InChI is InChI=1S/C31H36BrN3O2/c1-34(2)16-15-31(36,26-13-9-6-10-14-26)28-22-27(32)21-24-20-25(19-23-11-7-5-8-12-23)30(33-29(24)28)37-18-17-35(3)4/h5-14,20-22,36H,15-19H2,1-4H3. The number of halogens is 1. The second kappa shape index (κ2) is 12.2. The first kappa shape index (κ1) is 27.3. The Morgan fingerprint density at radius 2 is 1.51 bits per heavy atom. The van der Waals surface area contributed by atoms with Crippen molar-refractivity contribution in [1.29, 1.82) is 0 Å². The molecular weight excluding hydrogens is 526 g/mol. The molecule has 0 saturated carbocycles. The van der Waals surface area contributed by atoms with Gasteiger partial charge in [-0.05, 0) is 63.9 Å². The summed E-state index contributed by atoms with van der Waals surface area (Å²) in [5.41, 5.74) is 3.38. The van der Waals surface area contributed by atoms with Crippen molar-refractivity contribution >= 4 is 26.8 Å². The van der Waals surface area contributed by atoms with Gasteiger partial charge in [-0.2, -0.15) is 0 Å². The molecule has 1 atom stereocenters. The van der Waals surface area contributed by atoms with Gasteiger partial charge in [-0.3, -0.25) is 0 Å². The zero-order valence-corrected chi connectivity index (χ0v) is 23.7. The Hall–Kier alpha value is -2.77. The minimum atomic E-state index is -1.22. The lowest BCUT2D eigenvalue weighted by atomic mass is 9.82. The van der Waals surface area contributed by atoms with Crippen LogP contribution in [0.25, 0.3) is 10.9 Å². The second-order valence-corrected chi connectivity index (χ2v) is 11.0. The number of fused-ring (bicyclic) bond motifs is 1. The van der Waals surface area contributed by atoms with Gasteiger partial charge >= 0.3 is 0 Å². The van der Waals surface area contributed by atoms with E-state index in [-0.39, 0.29) is 0 Å². The van der Waals surface area contributed by atoms with Crippen molar-refractivity contribution in [3.05, 3.63) is 106 Å². The molecule has 0 spiro atoms. The summed E-state index contributed by atoms with van der Waals surface area (Å²) in [4.78, 5) is 9.28. The van der Waals surface area contributed by atoms with E-state index >= 15 is 0 Å². The third-order valence-electron chi connectivity index (χ3n) is 6.55. The molecule has 0 aliphatic carbocycles. The molecule has 194 valence electrons. The normalized spacial score (nSPS) is 13.3. The fourth-order valence-electron chi connectivity index (χ4n) is 4.52. The van der Waals surface area contributed by atoms with Crippen LogP contribution in [-0.4, -0.2) is 67.8 Å². The number of hydrogen-bond acceptors (Lipinski definition) is 5. The van der Waals surface area contributed by atoms with Crippen LogP contribution in [0, 0.1) is 0 Å². The molecule has 0 bridgehead atoms. The molecule has 4 aromatic rings. The van der Waals surface area contributed by atoms with Gasteiger partial charge in [-0.25, -0.2) is 4.98 Å². The predicted octanol–water partition coefficient (Wildman–Crippen LogP) is 5.72. The van der Waals surface area contributed by atoms with Crippen LogP contribution in [0.3, 0.4) is 0 Å². The SMILES string of the molecule is CN(C)CCOc1nc2c(C(O)(CCN(C)C)c3ccccc3)cc(Br)cc2cc1Cc1ccccc1. The summed E-state index contributed by atoms with van der Waals surface area (Å²) in [6.07, 6.45) is 1.24.